The standard InChI is InChI=1S/C28H30N2O2/c1-19(20-11-6-5-7-12-20)27(31)29-18-21-17-28(2,3)30-26-22(21)14-10-15-24(26)23-13-8-9-16-25(23)32-4/h5-17,19,30H,18H2,1-4H3,(H,29,31). The second kappa shape index (κ2) is 8.91. The molecule has 0 fully saturated rings. The van der Waals surface area contributed by atoms with Crippen molar-refractivity contribution < 1.29 is 9.53 Å². The largest absolute Gasteiger partial charge is 0.496 e. The molecule has 0 saturated heterocycles. The number of ether oxygens (including phenoxy) is 1. The van der Waals surface area contributed by atoms with E-state index in [1.54, 1.807) is 7.11 Å². The molecule has 1 aliphatic heterocycles. The predicted octanol–water partition coefficient (Wildman–Crippen LogP) is 5.87. The summed E-state index contributed by atoms with van der Waals surface area (Å²) < 4.78 is 5.62. The summed E-state index contributed by atoms with van der Waals surface area (Å²) in [6, 6.07) is 24.2. The summed E-state index contributed by atoms with van der Waals surface area (Å²) in [6.45, 7) is 6.70. The monoisotopic (exact) mass is 426 g/mol. The molecule has 1 aliphatic rings. The molecule has 4 heteroatoms. The van der Waals surface area contributed by atoms with E-state index in [0.29, 0.717) is 6.54 Å². The van der Waals surface area contributed by atoms with E-state index in [-0.39, 0.29) is 17.4 Å². The van der Waals surface area contributed by atoms with Crippen molar-refractivity contribution in [2.24, 2.45) is 0 Å². The van der Waals surface area contributed by atoms with Gasteiger partial charge in [-0.05, 0) is 38.0 Å². The first-order chi connectivity index (χ1) is 15.4. The number of carbonyl (C=O) groups is 1. The van der Waals surface area contributed by atoms with E-state index in [1.807, 2.05) is 55.5 Å². The Morgan fingerprint density at radius 2 is 1.59 bits per heavy atom. The number of fused-ring (bicyclic) bond motifs is 1. The Morgan fingerprint density at radius 1 is 0.938 bits per heavy atom. The van der Waals surface area contributed by atoms with Crippen LogP contribution in [-0.2, 0) is 4.79 Å². The molecule has 164 valence electrons. The Kier molecular flexibility index (Phi) is 6.04. The molecule has 3 aromatic carbocycles. The van der Waals surface area contributed by atoms with Crippen LogP contribution in [0.4, 0.5) is 5.69 Å². The molecule has 3 aromatic rings. The highest BCUT2D eigenvalue weighted by atomic mass is 16.5. The summed E-state index contributed by atoms with van der Waals surface area (Å²) >= 11 is 0. The van der Waals surface area contributed by atoms with Gasteiger partial charge in [-0.2, -0.15) is 0 Å². The molecule has 0 aromatic heterocycles. The van der Waals surface area contributed by atoms with Gasteiger partial charge in [0.1, 0.15) is 5.75 Å². The number of anilines is 1. The minimum Gasteiger partial charge on any atom is -0.496 e. The van der Waals surface area contributed by atoms with E-state index in [9.17, 15) is 4.79 Å². The zero-order valence-electron chi connectivity index (χ0n) is 19.1. The van der Waals surface area contributed by atoms with Crippen molar-refractivity contribution in [1.82, 2.24) is 5.32 Å². The summed E-state index contributed by atoms with van der Waals surface area (Å²) in [5, 5.41) is 6.83. The Morgan fingerprint density at radius 3 is 2.34 bits per heavy atom. The first-order valence-electron chi connectivity index (χ1n) is 11.0. The Hall–Kier alpha value is -3.53. The molecule has 0 aliphatic carbocycles. The highest BCUT2D eigenvalue weighted by Crippen LogP contribution is 2.42. The van der Waals surface area contributed by atoms with Crippen molar-refractivity contribution in [2.75, 3.05) is 19.0 Å². The maximum Gasteiger partial charge on any atom is 0.227 e. The van der Waals surface area contributed by atoms with E-state index in [1.165, 1.54) is 0 Å². The van der Waals surface area contributed by atoms with Gasteiger partial charge in [-0.15, -0.1) is 0 Å². The fourth-order valence-electron chi connectivity index (χ4n) is 4.29. The van der Waals surface area contributed by atoms with Crippen LogP contribution in [-0.4, -0.2) is 25.1 Å². The van der Waals surface area contributed by atoms with Gasteiger partial charge in [0.2, 0.25) is 5.91 Å². The highest BCUT2D eigenvalue weighted by Gasteiger charge is 2.27. The van der Waals surface area contributed by atoms with E-state index >= 15 is 0 Å². The maximum atomic E-state index is 12.9. The van der Waals surface area contributed by atoms with Gasteiger partial charge in [0.25, 0.3) is 0 Å². The average molecular weight is 427 g/mol. The summed E-state index contributed by atoms with van der Waals surface area (Å²) in [5.41, 5.74) is 6.15. The quantitative estimate of drug-likeness (QED) is 0.518. The van der Waals surface area contributed by atoms with E-state index in [0.717, 1.165) is 39.3 Å². The molecular weight excluding hydrogens is 396 g/mol. The first-order valence-corrected chi connectivity index (χ1v) is 11.0. The summed E-state index contributed by atoms with van der Waals surface area (Å²) in [7, 11) is 1.69. The first kappa shape index (κ1) is 21.7. The predicted molar refractivity (Wildman–Crippen MR) is 132 cm³/mol. The van der Waals surface area contributed by atoms with Crippen molar-refractivity contribution in [1.29, 1.82) is 0 Å². The number of hydrogen-bond donors (Lipinski definition) is 2. The minimum atomic E-state index is -0.254. The molecule has 0 spiro atoms. The Balaban J connectivity index is 1.64. The summed E-state index contributed by atoms with van der Waals surface area (Å²) in [5.74, 6) is 0.656. The third-order valence-corrected chi connectivity index (χ3v) is 5.94. The average Bonchev–Trinajstić information content (AvgIpc) is 2.81. The molecule has 4 rings (SSSR count). The fourth-order valence-corrected chi connectivity index (χ4v) is 4.29. The lowest BCUT2D eigenvalue weighted by molar-refractivity contribution is -0.121. The van der Waals surface area contributed by atoms with Gasteiger partial charge < -0.3 is 15.4 Å². The van der Waals surface area contributed by atoms with Crippen LogP contribution in [0.2, 0.25) is 0 Å². The number of para-hydroxylation sites is 2. The minimum absolute atomic E-state index is 0.0240. The molecule has 0 radical (unpaired) electrons. The smallest absolute Gasteiger partial charge is 0.227 e. The second-order valence-corrected chi connectivity index (χ2v) is 8.79. The van der Waals surface area contributed by atoms with Crippen molar-refractivity contribution in [2.45, 2.75) is 32.2 Å². The summed E-state index contributed by atoms with van der Waals surface area (Å²) in [6.07, 6.45) is 2.20. The van der Waals surface area contributed by atoms with Gasteiger partial charge in [0.15, 0.2) is 0 Å². The molecule has 0 bridgehead atoms. The van der Waals surface area contributed by atoms with Gasteiger partial charge in [-0.25, -0.2) is 0 Å². The molecule has 2 N–H and O–H groups in total. The van der Waals surface area contributed by atoms with E-state index in [2.05, 4.69) is 54.8 Å². The van der Waals surface area contributed by atoms with Crippen LogP contribution < -0.4 is 15.4 Å². The summed E-state index contributed by atoms with van der Waals surface area (Å²) in [4.78, 5) is 12.9. The number of amides is 1. The van der Waals surface area contributed by atoms with Crippen LogP contribution in [0.3, 0.4) is 0 Å². The van der Waals surface area contributed by atoms with Crippen molar-refractivity contribution in [3.05, 3.63) is 90.0 Å². The van der Waals surface area contributed by atoms with Crippen molar-refractivity contribution in [3.8, 4) is 16.9 Å². The molecule has 1 heterocycles. The van der Waals surface area contributed by atoms with Crippen LogP contribution in [0.5, 0.6) is 5.75 Å². The molecule has 0 saturated carbocycles. The van der Waals surface area contributed by atoms with Crippen molar-refractivity contribution in [3.63, 3.8) is 0 Å². The number of hydrogen-bond acceptors (Lipinski definition) is 3. The van der Waals surface area contributed by atoms with Crippen LogP contribution in [0.15, 0.2) is 78.9 Å². The lowest BCUT2D eigenvalue weighted by atomic mass is 9.87. The third kappa shape index (κ3) is 4.40. The van der Waals surface area contributed by atoms with Crippen LogP contribution >= 0.6 is 0 Å². The molecule has 1 amide bonds. The highest BCUT2D eigenvalue weighted by molar-refractivity contribution is 5.94. The normalized spacial score (nSPS) is 15.1. The molecule has 4 nitrogen and oxygen atoms in total. The van der Waals surface area contributed by atoms with Gasteiger partial charge in [0.05, 0.1) is 24.3 Å². The maximum absolute atomic E-state index is 12.9. The Bertz CT molecular complexity index is 1150. The topological polar surface area (TPSA) is 50.4 Å². The molecule has 1 atom stereocenters. The van der Waals surface area contributed by atoms with Crippen LogP contribution in [0.25, 0.3) is 16.7 Å². The number of nitrogens with one attached hydrogen (secondary N) is 2. The second-order valence-electron chi connectivity index (χ2n) is 8.79. The number of carbonyl (C=O) groups excluding carboxylic acids is 1. The Labute approximate surface area is 190 Å². The SMILES string of the molecule is COc1ccccc1-c1cccc2c1NC(C)(C)C=C2CNC(=O)C(C)c1ccccc1. The zero-order valence-corrected chi connectivity index (χ0v) is 19.1. The molecule has 32 heavy (non-hydrogen) atoms. The van der Waals surface area contributed by atoms with Gasteiger partial charge in [-0.3, -0.25) is 4.79 Å². The lowest BCUT2D eigenvalue weighted by Gasteiger charge is -2.34. The zero-order chi connectivity index (χ0) is 22.7. The van der Waals surface area contributed by atoms with Crippen LogP contribution in [0.1, 0.15) is 37.8 Å². The number of benzene rings is 3. The van der Waals surface area contributed by atoms with Gasteiger partial charge in [-0.1, -0.05) is 72.8 Å². The number of methoxy groups -OCH3 is 1. The fraction of sp³-hybridized carbons (Fsp3) is 0.250. The lowest BCUT2D eigenvalue weighted by Crippen LogP contribution is -2.35. The van der Waals surface area contributed by atoms with Gasteiger partial charge in [0, 0.05) is 23.2 Å². The van der Waals surface area contributed by atoms with E-state index in [4.69, 9.17) is 4.74 Å². The van der Waals surface area contributed by atoms with Crippen molar-refractivity contribution >= 4 is 17.2 Å². The number of rotatable bonds is 6. The van der Waals surface area contributed by atoms with Gasteiger partial charge >= 0.3 is 0 Å². The van der Waals surface area contributed by atoms with Crippen LogP contribution in [0, 0.1) is 0 Å². The molecular formula is C28H30N2O2. The third-order valence-electron chi connectivity index (χ3n) is 5.94. The van der Waals surface area contributed by atoms with E-state index < -0.39 is 0 Å². The molecule has 1 unspecified atom stereocenters.